The summed E-state index contributed by atoms with van der Waals surface area (Å²) in [6.07, 6.45) is 7.59. The normalized spacial score (nSPS) is 13.4. The summed E-state index contributed by atoms with van der Waals surface area (Å²) in [5, 5.41) is 8.88. The molecule has 0 saturated heterocycles. The quantitative estimate of drug-likeness (QED) is 0.260. The molecule has 1 saturated carbocycles. The van der Waals surface area contributed by atoms with Gasteiger partial charge in [0.25, 0.3) is 0 Å². The predicted octanol–water partition coefficient (Wildman–Crippen LogP) is 6.80. The summed E-state index contributed by atoms with van der Waals surface area (Å²) >= 11 is 12.6. The van der Waals surface area contributed by atoms with Crippen LogP contribution in [0.15, 0.2) is 67.0 Å². The third kappa shape index (κ3) is 5.92. The molecule has 10 heteroatoms. The van der Waals surface area contributed by atoms with Crippen LogP contribution in [0.25, 0.3) is 22.8 Å². The van der Waals surface area contributed by atoms with Gasteiger partial charge < -0.3 is 15.0 Å². The first-order valence-corrected chi connectivity index (χ1v) is 13.3. The number of urea groups is 1. The van der Waals surface area contributed by atoms with Gasteiger partial charge in [0.15, 0.2) is 11.6 Å². The lowest BCUT2D eigenvalue weighted by molar-refractivity contribution is 0.184. The number of ether oxygens (including phenoxy) is 1. The van der Waals surface area contributed by atoms with Crippen LogP contribution in [0.1, 0.15) is 25.7 Å². The van der Waals surface area contributed by atoms with Gasteiger partial charge in [-0.05, 0) is 61.4 Å². The molecule has 5 rings (SSSR count). The van der Waals surface area contributed by atoms with Gasteiger partial charge in [0.05, 0.1) is 18.7 Å². The van der Waals surface area contributed by atoms with E-state index >= 15 is 0 Å². The Morgan fingerprint density at radius 1 is 1.08 bits per heavy atom. The van der Waals surface area contributed by atoms with Crippen molar-refractivity contribution in [1.82, 2.24) is 24.6 Å². The number of carbonyl (C=O) groups is 1. The summed E-state index contributed by atoms with van der Waals surface area (Å²) in [4.78, 5) is 24.3. The summed E-state index contributed by atoms with van der Waals surface area (Å²) in [5.41, 5.74) is 2.32. The number of anilines is 1. The van der Waals surface area contributed by atoms with E-state index in [2.05, 4.69) is 10.3 Å². The molecule has 0 spiro atoms. The third-order valence-corrected chi connectivity index (χ3v) is 7.21. The van der Waals surface area contributed by atoms with E-state index in [0.717, 1.165) is 36.8 Å². The Morgan fingerprint density at radius 3 is 2.58 bits per heavy atom. The van der Waals surface area contributed by atoms with E-state index in [-0.39, 0.29) is 12.1 Å². The second-order valence-electron chi connectivity index (χ2n) is 9.14. The minimum atomic E-state index is -0.150. The van der Waals surface area contributed by atoms with Crippen molar-refractivity contribution in [3.63, 3.8) is 0 Å². The van der Waals surface area contributed by atoms with Crippen molar-refractivity contribution in [3.05, 3.63) is 77.0 Å². The molecule has 1 aliphatic carbocycles. The lowest BCUT2D eigenvalue weighted by Gasteiger charge is -2.29. The number of halogens is 2. The number of benzene rings is 2. The van der Waals surface area contributed by atoms with Crippen molar-refractivity contribution < 1.29 is 9.53 Å². The summed E-state index contributed by atoms with van der Waals surface area (Å²) in [7, 11) is 1.58. The van der Waals surface area contributed by atoms with E-state index in [4.69, 9.17) is 38.0 Å². The number of nitrogens with zero attached hydrogens (tertiary/aromatic N) is 5. The van der Waals surface area contributed by atoms with Gasteiger partial charge in [-0.1, -0.05) is 42.1 Å². The number of aromatic nitrogens is 4. The zero-order chi connectivity index (χ0) is 26.5. The van der Waals surface area contributed by atoms with Crippen LogP contribution in [0.2, 0.25) is 10.0 Å². The Morgan fingerprint density at radius 2 is 1.87 bits per heavy atom. The zero-order valence-electron chi connectivity index (χ0n) is 21.0. The van der Waals surface area contributed by atoms with Crippen LogP contribution in [0.3, 0.4) is 0 Å². The van der Waals surface area contributed by atoms with Crippen LogP contribution < -0.4 is 10.1 Å². The highest BCUT2D eigenvalue weighted by Crippen LogP contribution is 2.31. The largest absolute Gasteiger partial charge is 0.495 e. The number of carbonyl (C=O) groups excluding carboxylic acids is 1. The molecule has 2 amide bonds. The second-order valence-corrected chi connectivity index (χ2v) is 9.98. The Labute approximate surface area is 231 Å². The highest BCUT2D eigenvalue weighted by molar-refractivity contribution is 6.32. The molecule has 196 valence electrons. The fourth-order valence-corrected chi connectivity index (χ4v) is 5.22. The van der Waals surface area contributed by atoms with Gasteiger partial charge in [-0.2, -0.15) is 5.10 Å². The molecule has 4 aromatic rings. The highest BCUT2D eigenvalue weighted by atomic mass is 35.5. The fourth-order valence-electron chi connectivity index (χ4n) is 4.77. The molecule has 1 fully saturated rings. The molecular formula is C28H28Cl2N6O2. The van der Waals surface area contributed by atoms with Crippen molar-refractivity contribution in [2.45, 2.75) is 38.3 Å². The first-order chi connectivity index (χ1) is 18.5. The Hall–Kier alpha value is -3.62. The molecule has 2 heterocycles. The molecule has 0 radical (unpaired) electrons. The van der Waals surface area contributed by atoms with Crippen molar-refractivity contribution in [3.8, 4) is 28.5 Å². The Balaban J connectivity index is 1.44. The molecule has 2 aromatic carbocycles. The number of methoxy groups -OCH3 is 1. The van der Waals surface area contributed by atoms with E-state index in [9.17, 15) is 4.79 Å². The fraction of sp³-hybridized carbons (Fsp3) is 0.286. The lowest BCUT2D eigenvalue weighted by atomic mass is 10.2. The molecule has 38 heavy (non-hydrogen) atoms. The number of hydrogen-bond acceptors (Lipinski definition) is 5. The van der Waals surface area contributed by atoms with Gasteiger partial charge in [-0.25, -0.2) is 14.5 Å². The number of amides is 2. The van der Waals surface area contributed by atoms with Gasteiger partial charge in [0.1, 0.15) is 5.75 Å². The standard InChI is InChI=1S/C28H28Cl2N6O2/c1-38-25-10-9-20(17-24(25)30)27-33-26(19-11-13-31-14-12-19)34-36(27)16-15-35(23-7-2-3-8-23)28(37)32-22-6-4-5-21(29)18-22/h4-6,9-14,17-18,23H,2-3,7-8,15-16H2,1H3,(H,32,37). The molecule has 0 aliphatic heterocycles. The van der Waals surface area contributed by atoms with E-state index in [1.807, 2.05) is 52.0 Å². The molecule has 0 atom stereocenters. The van der Waals surface area contributed by atoms with Gasteiger partial charge in [0, 0.05) is 46.8 Å². The van der Waals surface area contributed by atoms with Crippen LogP contribution in [-0.4, -0.2) is 50.4 Å². The molecule has 1 aliphatic rings. The van der Waals surface area contributed by atoms with Gasteiger partial charge in [0.2, 0.25) is 0 Å². The number of pyridine rings is 1. The Kier molecular flexibility index (Phi) is 8.10. The first-order valence-electron chi connectivity index (χ1n) is 12.5. The number of rotatable bonds is 8. The highest BCUT2D eigenvalue weighted by Gasteiger charge is 2.27. The molecule has 0 unspecified atom stereocenters. The summed E-state index contributed by atoms with van der Waals surface area (Å²) in [6, 6.07) is 16.5. The van der Waals surface area contributed by atoms with Crippen molar-refractivity contribution in [1.29, 1.82) is 0 Å². The van der Waals surface area contributed by atoms with Crippen molar-refractivity contribution >= 4 is 34.9 Å². The van der Waals surface area contributed by atoms with E-state index < -0.39 is 0 Å². The lowest BCUT2D eigenvalue weighted by Crippen LogP contribution is -2.43. The Bertz CT molecular complexity index is 1410. The van der Waals surface area contributed by atoms with Crippen LogP contribution >= 0.6 is 23.2 Å². The van der Waals surface area contributed by atoms with E-state index in [1.165, 1.54) is 0 Å². The van der Waals surface area contributed by atoms with E-state index in [0.29, 0.717) is 46.2 Å². The van der Waals surface area contributed by atoms with Crippen molar-refractivity contribution in [2.75, 3.05) is 19.0 Å². The maximum atomic E-state index is 13.4. The van der Waals surface area contributed by atoms with Gasteiger partial charge in [-0.15, -0.1) is 0 Å². The smallest absolute Gasteiger partial charge is 0.322 e. The maximum Gasteiger partial charge on any atom is 0.322 e. The second kappa shape index (κ2) is 11.8. The van der Waals surface area contributed by atoms with Crippen LogP contribution in [-0.2, 0) is 6.54 Å². The molecule has 8 nitrogen and oxygen atoms in total. The topological polar surface area (TPSA) is 85.2 Å². The molecule has 1 N–H and O–H groups in total. The van der Waals surface area contributed by atoms with Crippen LogP contribution in [0.5, 0.6) is 5.75 Å². The minimum Gasteiger partial charge on any atom is -0.495 e. The summed E-state index contributed by atoms with van der Waals surface area (Å²) in [6.45, 7) is 0.920. The summed E-state index contributed by atoms with van der Waals surface area (Å²) in [5.74, 6) is 1.81. The average Bonchev–Trinajstić information content (AvgIpc) is 3.60. The van der Waals surface area contributed by atoms with E-state index in [1.54, 1.807) is 31.6 Å². The van der Waals surface area contributed by atoms with Crippen LogP contribution in [0.4, 0.5) is 10.5 Å². The third-order valence-electron chi connectivity index (χ3n) is 6.68. The first kappa shape index (κ1) is 26.0. The van der Waals surface area contributed by atoms with Crippen molar-refractivity contribution in [2.24, 2.45) is 0 Å². The number of hydrogen-bond donors (Lipinski definition) is 1. The van der Waals surface area contributed by atoms with Gasteiger partial charge in [-0.3, -0.25) is 4.98 Å². The maximum absolute atomic E-state index is 13.4. The summed E-state index contributed by atoms with van der Waals surface area (Å²) < 4.78 is 7.15. The zero-order valence-corrected chi connectivity index (χ0v) is 22.5. The molecule has 2 aromatic heterocycles. The predicted molar refractivity (Wildman–Crippen MR) is 150 cm³/mol. The monoisotopic (exact) mass is 550 g/mol. The van der Waals surface area contributed by atoms with Gasteiger partial charge >= 0.3 is 6.03 Å². The minimum absolute atomic E-state index is 0.150. The SMILES string of the molecule is COc1ccc(-c2nc(-c3ccncc3)nn2CCN(C(=O)Nc2cccc(Cl)c2)C2CCCC2)cc1Cl. The number of nitrogens with one attached hydrogen (secondary N) is 1. The van der Waals surface area contributed by atoms with Crippen LogP contribution in [0, 0.1) is 0 Å². The average molecular weight is 551 g/mol. The molecular weight excluding hydrogens is 523 g/mol. The molecule has 0 bridgehead atoms.